The molecule has 0 aliphatic heterocycles. The van der Waals surface area contributed by atoms with Crippen molar-refractivity contribution in [3.63, 3.8) is 0 Å². The lowest BCUT2D eigenvalue weighted by Crippen LogP contribution is -2.18. The van der Waals surface area contributed by atoms with Crippen LogP contribution in [0.5, 0.6) is 0 Å². The number of thioether (sulfide) groups is 1. The molecule has 3 aromatic rings. The molecule has 3 heterocycles. The van der Waals surface area contributed by atoms with E-state index in [-0.39, 0.29) is 42.8 Å². The number of nitrogens with one attached hydrogen (secondary N) is 3. The van der Waals surface area contributed by atoms with E-state index in [1.165, 1.54) is 0 Å². The van der Waals surface area contributed by atoms with E-state index in [4.69, 9.17) is 0 Å². The molecular formula is C17H23Cl3N6OS. The van der Waals surface area contributed by atoms with E-state index >= 15 is 0 Å². The highest BCUT2D eigenvalue weighted by Gasteiger charge is 2.05. The van der Waals surface area contributed by atoms with Gasteiger partial charge in [-0.2, -0.15) is 11.8 Å². The fourth-order valence-corrected chi connectivity index (χ4v) is 3.18. The Morgan fingerprint density at radius 2 is 2.00 bits per heavy atom. The number of aryl methyl sites for hydroxylation is 1. The third kappa shape index (κ3) is 7.71. The zero-order chi connectivity index (χ0) is 17.5. The number of hydrogen-bond acceptors (Lipinski definition) is 6. The van der Waals surface area contributed by atoms with Gasteiger partial charge >= 0.3 is 0 Å². The minimum absolute atomic E-state index is 0. The fraction of sp³-hybridized carbons (Fsp3) is 0.294. The number of anilines is 1. The van der Waals surface area contributed by atoms with Gasteiger partial charge in [-0.1, -0.05) is 6.07 Å². The molecule has 0 aliphatic carbocycles. The number of imidazole rings is 1. The van der Waals surface area contributed by atoms with E-state index in [0.29, 0.717) is 17.9 Å². The predicted octanol–water partition coefficient (Wildman–Crippen LogP) is 3.40. The van der Waals surface area contributed by atoms with Crippen molar-refractivity contribution < 1.29 is 0 Å². The Morgan fingerprint density at radius 3 is 2.64 bits per heavy atom. The van der Waals surface area contributed by atoms with Crippen LogP contribution in [0.3, 0.4) is 0 Å². The van der Waals surface area contributed by atoms with Crippen LogP contribution in [0, 0.1) is 6.92 Å². The number of hydrogen-bond donors (Lipinski definition) is 3. The van der Waals surface area contributed by atoms with Gasteiger partial charge in [-0.25, -0.2) is 9.97 Å². The normalized spacial score (nSPS) is 9.61. The first kappa shape index (κ1) is 26.3. The van der Waals surface area contributed by atoms with Crippen LogP contribution in [0.2, 0.25) is 0 Å². The lowest BCUT2D eigenvalue weighted by atomic mass is 10.1. The molecule has 0 saturated carbocycles. The van der Waals surface area contributed by atoms with Gasteiger partial charge in [0.05, 0.1) is 12.0 Å². The molecule has 0 fully saturated rings. The van der Waals surface area contributed by atoms with Gasteiger partial charge < -0.3 is 10.3 Å². The summed E-state index contributed by atoms with van der Waals surface area (Å²) < 4.78 is 0. The minimum atomic E-state index is -0.124. The SMILES string of the molecule is Cc1[nH]cnc1CSCCNc1ncc(Cc2cccnc2)c(=O)[nH]1.Cl.Cl.Cl. The summed E-state index contributed by atoms with van der Waals surface area (Å²) in [5.41, 5.74) is 3.68. The molecule has 0 radical (unpaired) electrons. The molecule has 0 saturated heterocycles. The van der Waals surface area contributed by atoms with Crippen LogP contribution in [-0.2, 0) is 12.2 Å². The van der Waals surface area contributed by atoms with Crippen molar-refractivity contribution in [2.75, 3.05) is 17.6 Å². The Kier molecular flexibility index (Phi) is 12.6. The zero-order valence-corrected chi connectivity index (χ0v) is 18.4. The van der Waals surface area contributed by atoms with E-state index in [9.17, 15) is 4.79 Å². The summed E-state index contributed by atoms with van der Waals surface area (Å²) in [5, 5.41) is 3.14. The lowest BCUT2D eigenvalue weighted by molar-refractivity contribution is 1.00. The standard InChI is InChI=1S/C17H20N6OS.3ClH/c1-12-15(22-11-21-12)10-25-6-5-19-17-20-9-14(16(24)23-17)7-13-3-2-4-18-8-13;;;/h2-4,8-9,11H,5-7,10H2,1H3,(H,21,22)(H2,19,20,23,24);3*1H. The molecule has 11 heteroatoms. The van der Waals surface area contributed by atoms with Gasteiger partial charge in [-0.3, -0.25) is 14.8 Å². The topological polar surface area (TPSA) is 99.3 Å². The number of aromatic amines is 2. The summed E-state index contributed by atoms with van der Waals surface area (Å²) in [6, 6.07) is 3.80. The third-order valence-corrected chi connectivity index (χ3v) is 4.67. The van der Waals surface area contributed by atoms with Crippen LogP contribution < -0.4 is 10.9 Å². The Bertz CT molecular complexity index is 875. The monoisotopic (exact) mass is 464 g/mol. The van der Waals surface area contributed by atoms with E-state index in [2.05, 4.69) is 30.2 Å². The van der Waals surface area contributed by atoms with Crippen LogP contribution in [0.4, 0.5) is 5.95 Å². The summed E-state index contributed by atoms with van der Waals surface area (Å²) in [6.45, 7) is 2.74. The number of halogens is 3. The third-order valence-electron chi connectivity index (χ3n) is 3.70. The minimum Gasteiger partial charge on any atom is -0.355 e. The predicted molar refractivity (Wildman–Crippen MR) is 122 cm³/mol. The molecule has 0 atom stereocenters. The molecule has 3 N–H and O–H groups in total. The molecule has 154 valence electrons. The molecule has 0 unspecified atom stereocenters. The summed E-state index contributed by atoms with van der Waals surface area (Å²) in [5.74, 6) is 2.26. The Balaban J connectivity index is 0.00000243. The van der Waals surface area contributed by atoms with Crippen molar-refractivity contribution >= 4 is 54.9 Å². The summed E-state index contributed by atoms with van der Waals surface area (Å²) in [6.07, 6.45) is 7.32. The van der Waals surface area contributed by atoms with Crippen molar-refractivity contribution in [2.45, 2.75) is 19.1 Å². The van der Waals surface area contributed by atoms with Gasteiger partial charge in [0.2, 0.25) is 5.95 Å². The zero-order valence-electron chi connectivity index (χ0n) is 15.2. The fourth-order valence-electron chi connectivity index (χ4n) is 2.30. The molecule has 7 nitrogen and oxygen atoms in total. The maximum absolute atomic E-state index is 12.2. The largest absolute Gasteiger partial charge is 0.355 e. The van der Waals surface area contributed by atoms with Gasteiger partial charge in [0.1, 0.15) is 0 Å². The molecule has 0 aromatic carbocycles. The number of rotatable bonds is 8. The van der Waals surface area contributed by atoms with Crippen molar-refractivity contribution in [3.8, 4) is 0 Å². The van der Waals surface area contributed by atoms with Gasteiger partial charge in [-0.15, -0.1) is 37.2 Å². The first-order valence-electron chi connectivity index (χ1n) is 8.00. The van der Waals surface area contributed by atoms with Crippen LogP contribution in [0.1, 0.15) is 22.5 Å². The van der Waals surface area contributed by atoms with E-state index in [1.807, 2.05) is 19.1 Å². The van der Waals surface area contributed by atoms with Crippen molar-refractivity contribution in [2.24, 2.45) is 0 Å². The van der Waals surface area contributed by atoms with Crippen molar-refractivity contribution in [3.05, 3.63) is 69.9 Å². The smallest absolute Gasteiger partial charge is 0.255 e. The Hall–Kier alpha value is -1.74. The van der Waals surface area contributed by atoms with Gasteiger partial charge in [0.25, 0.3) is 5.56 Å². The second-order valence-electron chi connectivity index (χ2n) is 5.58. The number of H-pyrrole nitrogens is 2. The van der Waals surface area contributed by atoms with Crippen LogP contribution in [0.25, 0.3) is 0 Å². The number of nitrogens with zero attached hydrogens (tertiary/aromatic N) is 3. The molecule has 0 bridgehead atoms. The number of aromatic nitrogens is 5. The highest BCUT2D eigenvalue weighted by Crippen LogP contribution is 2.12. The second kappa shape index (κ2) is 13.4. The molecule has 28 heavy (non-hydrogen) atoms. The van der Waals surface area contributed by atoms with Crippen molar-refractivity contribution in [1.29, 1.82) is 0 Å². The lowest BCUT2D eigenvalue weighted by Gasteiger charge is -2.06. The van der Waals surface area contributed by atoms with Crippen LogP contribution in [-0.4, -0.2) is 37.2 Å². The quantitative estimate of drug-likeness (QED) is 0.441. The average molecular weight is 466 g/mol. The first-order chi connectivity index (χ1) is 12.2. The Labute approximate surface area is 186 Å². The summed E-state index contributed by atoms with van der Waals surface area (Å²) >= 11 is 1.78. The number of pyridine rings is 1. The van der Waals surface area contributed by atoms with E-state index < -0.39 is 0 Å². The molecule has 0 aliphatic rings. The van der Waals surface area contributed by atoms with Gasteiger partial charge in [-0.05, 0) is 18.6 Å². The maximum Gasteiger partial charge on any atom is 0.255 e. The molecule has 3 rings (SSSR count). The Morgan fingerprint density at radius 1 is 1.18 bits per heavy atom. The summed E-state index contributed by atoms with van der Waals surface area (Å²) in [7, 11) is 0. The van der Waals surface area contributed by atoms with Crippen LogP contribution >= 0.6 is 49.0 Å². The highest BCUT2D eigenvalue weighted by atomic mass is 35.5. The maximum atomic E-state index is 12.2. The molecule has 0 amide bonds. The average Bonchev–Trinajstić information content (AvgIpc) is 3.03. The van der Waals surface area contributed by atoms with Gasteiger partial charge in [0, 0.05) is 54.3 Å². The molecular weight excluding hydrogens is 443 g/mol. The summed E-state index contributed by atoms with van der Waals surface area (Å²) in [4.78, 5) is 30.6. The molecule has 0 spiro atoms. The van der Waals surface area contributed by atoms with E-state index in [0.717, 1.165) is 35.0 Å². The highest BCUT2D eigenvalue weighted by molar-refractivity contribution is 7.98. The van der Waals surface area contributed by atoms with Crippen LogP contribution in [0.15, 0.2) is 41.8 Å². The van der Waals surface area contributed by atoms with Crippen molar-refractivity contribution in [1.82, 2.24) is 24.9 Å². The van der Waals surface area contributed by atoms with E-state index in [1.54, 1.807) is 36.7 Å². The second-order valence-corrected chi connectivity index (χ2v) is 6.68. The first-order valence-corrected chi connectivity index (χ1v) is 9.15. The van der Waals surface area contributed by atoms with Gasteiger partial charge in [0.15, 0.2) is 0 Å². The molecule has 3 aromatic heterocycles.